The van der Waals surface area contributed by atoms with E-state index in [4.69, 9.17) is 14.2 Å². The van der Waals surface area contributed by atoms with Gasteiger partial charge in [0.2, 0.25) is 0 Å². The molecule has 1 saturated heterocycles. The first kappa shape index (κ1) is 22.7. The minimum absolute atomic E-state index is 0.0646. The summed E-state index contributed by atoms with van der Waals surface area (Å²) in [6.45, 7) is 12.8. The summed E-state index contributed by atoms with van der Waals surface area (Å²) >= 11 is 0. The van der Waals surface area contributed by atoms with Gasteiger partial charge < -0.3 is 14.2 Å². The van der Waals surface area contributed by atoms with Crippen molar-refractivity contribution in [2.75, 3.05) is 0 Å². The molecule has 33 heavy (non-hydrogen) atoms. The maximum absolute atomic E-state index is 11.8. The summed E-state index contributed by atoms with van der Waals surface area (Å²) in [5.74, 6) is 2.99. The molecule has 1 heterocycles. The lowest BCUT2D eigenvalue weighted by Gasteiger charge is -2.59. The molecule has 6 heteroatoms. The zero-order valence-corrected chi connectivity index (χ0v) is 20.0. The standard InChI is InChI=1S/C15H22O2.C12H14O4/c1-9(2)14(16)17-15(3)12-5-10-4-11(7-12)8-13(15)6-10;1-5(2)11(13)15-9-6-3-7-8(4-6)12(14)16-10(7)9/h10-13H,1,4-8H2,2-3H3;6-10H,1,3-4H2,2H3. The third kappa shape index (κ3) is 3.74. The minimum Gasteiger partial charge on any atom is -0.458 e. The van der Waals surface area contributed by atoms with Crippen molar-refractivity contribution < 1.29 is 28.6 Å². The molecule has 0 radical (unpaired) electrons. The van der Waals surface area contributed by atoms with E-state index >= 15 is 0 Å². The van der Waals surface area contributed by atoms with E-state index in [2.05, 4.69) is 20.1 Å². The zero-order chi connectivity index (χ0) is 23.7. The van der Waals surface area contributed by atoms with Gasteiger partial charge in [-0.25, -0.2) is 9.59 Å². The molecule has 6 aliphatic carbocycles. The van der Waals surface area contributed by atoms with Gasteiger partial charge in [0.05, 0.1) is 5.92 Å². The van der Waals surface area contributed by atoms with E-state index in [0.29, 0.717) is 28.9 Å². The summed E-state index contributed by atoms with van der Waals surface area (Å²) < 4.78 is 16.5. The molecule has 0 aromatic carbocycles. The number of esters is 3. The van der Waals surface area contributed by atoms with Gasteiger partial charge in [-0.05, 0) is 89.4 Å². The molecule has 7 fully saturated rings. The number of hydrogen-bond acceptors (Lipinski definition) is 6. The molecular weight excluding hydrogens is 420 g/mol. The van der Waals surface area contributed by atoms with Crippen LogP contribution in [0.25, 0.3) is 0 Å². The molecule has 0 spiro atoms. The summed E-state index contributed by atoms with van der Waals surface area (Å²) in [5.41, 5.74) is 0.715. The van der Waals surface area contributed by atoms with Gasteiger partial charge >= 0.3 is 17.9 Å². The molecular formula is C27H36O6. The molecule has 5 unspecified atom stereocenters. The van der Waals surface area contributed by atoms with Gasteiger partial charge in [0.25, 0.3) is 0 Å². The number of fused-ring (bicyclic) bond motifs is 1. The number of carbonyl (C=O) groups excluding carboxylic acids is 3. The van der Waals surface area contributed by atoms with Gasteiger partial charge in [0.1, 0.15) is 17.8 Å². The maximum atomic E-state index is 11.8. The molecule has 5 atom stereocenters. The van der Waals surface area contributed by atoms with E-state index in [-0.39, 0.29) is 47.6 Å². The Labute approximate surface area is 196 Å². The lowest BCUT2D eigenvalue weighted by Crippen LogP contribution is -2.58. The molecule has 0 N–H and O–H groups in total. The van der Waals surface area contributed by atoms with E-state index in [9.17, 15) is 14.4 Å². The molecule has 7 rings (SSSR count). The van der Waals surface area contributed by atoms with E-state index < -0.39 is 0 Å². The fourth-order valence-electron chi connectivity index (χ4n) is 7.86. The highest BCUT2D eigenvalue weighted by Crippen LogP contribution is 2.59. The Kier molecular flexibility index (Phi) is 5.49. The molecule has 6 nitrogen and oxygen atoms in total. The van der Waals surface area contributed by atoms with Crippen LogP contribution in [0.2, 0.25) is 0 Å². The lowest BCUT2D eigenvalue weighted by molar-refractivity contribution is -0.199. The Hall–Kier alpha value is -2.11. The number of rotatable bonds is 4. The highest BCUT2D eigenvalue weighted by molar-refractivity contribution is 5.87. The van der Waals surface area contributed by atoms with Crippen LogP contribution in [0, 0.1) is 41.4 Å². The second kappa shape index (κ2) is 7.99. The summed E-state index contributed by atoms with van der Waals surface area (Å²) in [4.78, 5) is 34.8. The van der Waals surface area contributed by atoms with E-state index in [1.54, 1.807) is 13.8 Å². The van der Waals surface area contributed by atoms with Crippen LogP contribution >= 0.6 is 0 Å². The van der Waals surface area contributed by atoms with Crippen LogP contribution < -0.4 is 0 Å². The van der Waals surface area contributed by atoms with Gasteiger partial charge in [0, 0.05) is 23.0 Å². The fraction of sp³-hybridized carbons (Fsp3) is 0.741. The van der Waals surface area contributed by atoms with E-state index in [0.717, 1.165) is 24.7 Å². The van der Waals surface area contributed by atoms with Crippen LogP contribution in [-0.4, -0.2) is 35.7 Å². The molecule has 7 aliphatic rings. The maximum Gasteiger partial charge on any atom is 0.333 e. The zero-order valence-electron chi connectivity index (χ0n) is 20.0. The third-order valence-corrected chi connectivity index (χ3v) is 9.43. The average Bonchev–Trinajstić information content (AvgIpc) is 3.37. The Balaban J connectivity index is 0.000000139. The summed E-state index contributed by atoms with van der Waals surface area (Å²) in [6, 6.07) is 0. The van der Waals surface area contributed by atoms with Gasteiger partial charge in [-0.2, -0.15) is 0 Å². The molecule has 0 amide bonds. The normalized spacial score (nSPS) is 45.2. The van der Waals surface area contributed by atoms with Crippen molar-refractivity contribution in [1.29, 1.82) is 0 Å². The monoisotopic (exact) mass is 456 g/mol. The predicted molar refractivity (Wildman–Crippen MR) is 121 cm³/mol. The fourth-order valence-corrected chi connectivity index (χ4v) is 7.86. The lowest BCUT2D eigenvalue weighted by atomic mass is 9.50. The molecule has 1 aliphatic heterocycles. The first-order chi connectivity index (χ1) is 15.6. The van der Waals surface area contributed by atoms with Crippen molar-refractivity contribution in [1.82, 2.24) is 0 Å². The predicted octanol–water partition coefficient (Wildman–Crippen LogP) is 4.38. The largest absolute Gasteiger partial charge is 0.458 e. The summed E-state index contributed by atoms with van der Waals surface area (Å²) in [5, 5.41) is 0. The second-order valence-electron chi connectivity index (χ2n) is 11.7. The molecule has 180 valence electrons. The third-order valence-electron chi connectivity index (χ3n) is 9.43. The van der Waals surface area contributed by atoms with Gasteiger partial charge in [-0.1, -0.05) is 13.2 Å². The highest BCUT2D eigenvalue weighted by atomic mass is 16.6. The van der Waals surface area contributed by atoms with Crippen LogP contribution in [-0.2, 0) is 28.6 Å². The quantitative estimate of drug-likeness (QED) is 0.355. The van der Waals surface area contributed by atoms with Crippen LogP contribution in [0.4, 0.5) is 0 Å². The van der Waals surface area contributed by atoms with Gasteiger partial charge in [0.15, 0.2) is 0 Å². The molecule has 0 aromatic rings. The van der Waals surface area contributed by atoms with Gasteiger partial charge in [-0.15, -0.1) is 0 Å². The minimum atomic E-state index is -0.378. The topological polar surface area (TPSA) is 78.9 Å². The second-order valence-corrected chi connectivity index (χ2v) is 11.7. The highest BCUT2D eigenvalue weighted by Gasteiger charge is 2.63. The van der Waals surface area contributed by atoms with Crippen LogP contribution in [0.15, 0.2) is 24.3 Å². The smallest absolute Gasteiger partial charge is 0.333 e. The molecule has 6 bridgehead atoms. The Morgan fingerprint density at radius 2 is 1.48 bits per heavy atom. The average molecular weight is 457 g/mol. The first-order valence-electron chi connectivity index (χ1n) is 12.5. The van der Waals surface area contributed by atoms with Crippen molar-refractivity contribution in [3.05, 3.63) is 24.3 Å². The van der Waals surface area contributed by atoms with Crippen LogP contribution in [0.1, 0.15) is 65.7 Å². The summed E-state index contributed by atoms with van der Waals surface area (Å²) in [7, 11) is 0. The molecule has 6 saturated carbocycles. The van der Waals surface area contributed by atoms with Gasteiger partial charge in [-0.3, -0.25) is 4.79 Å². The van der Waals surface area contributed by atoms with Crippen molar-refractivity contribution in [2.24, 2.45) is 41.4 Å². The first-order valence-corrected chi connectivity index (χ1v) is 12.5. The Morgan fingerprint density at radius 3 is 2.03 bits per heavy atom. The SMILES string of the molecule is C=C(C)C(=O)OC1(C)C2CC3CC(C2)CC1C3.C=C(C)C(=O)OC1C2CC3C(=O)OC1C3C2. The van der Waals surface area contributed by atoms with Crippen molar-refractivity contribution in [3.8, 4) is 0 Å². The summed E-state index contributed by atoms with van der Waals surface area (Å²) in [6.07, 6.45) is 7.84. The van der Waals surface area contributed by atoms with E-state index in [1.165, 1.54) is 32.1 Å². The molecule has 0 aromatic heterocycles. The van der Waals surface area contributed by atoms with Crippen molar-refractivity contribution in [2.45, 2.75) is 83.5 Å². The van der Waals surface area contributed by atoms with Crippen LogP contribution in [0.5, 0.6) is 0 Å². The van der Waals surface area contributed by atoms with E-state index in [1.807, 2.05) is 0 Å². The number of carbonyl (C=O) groups is 3. The number of ether oxygens (including phenoxy) is 3. The van der Waals surface area contributed by atoms with Crippen LogP contribution in [0.3, 0.4) is 0 Å². The Morgan fingerprint density at radius 1 is 0.909 bits per heavy atom. The van der Waals surface area contributed by atoms with Crippen molar-refractivity contribution in [3.63, 3.8) is 0 Å². The number of hydrogen-bond donors (Lipinski definition) is 0. The van der Waals surface area contributed by atoms with Crippen molar-refractivity contribution >= 4 is 17.9 Å². The Bertz CT molecular complexity index is 874.